The molecular formula is C21H27N5O3S. The Labute approximate surface area is 180 Å². The van der Waals surface area contributed by atoms with Crippen LogP contribution in [0.25, 0.3) is 0 Å². The number of rotatable bonds is 6. The van der Waals surface area contributed by atoms with Gasteiger partial charge in [-0.15, -0.1) is 10.2 Å². The Kier molecular flexibility index (Phi) is 6.47. The Hall–Kier alpha value is -2.68. The number of nitrogens with zero attached hydrogens (tertiary/aromatic N) is 4. The van der Waals surface area contributed by atoms with Crippen molar-refractivity contribution in [2.24, 2.45) is 5.92 Å². The second-order valence-corrected chi connectivity index (χ2v) is 8.60. The van der Waals surface area contributed by atoms with E-state index in [9.17, 15) is 9.59 Å². The molecule has 1 aromatic heterocycles. The van der Waals surface area contributed by atoms with Crippen molar-refractivity contribution >= 4 is 33.4 Å². The fraction of sp³-hybridized carbons (Fsp3) is 0.524. The van der Waals surface area contributed by atoms with E-state index in [0.29, 0.717) is 18.1 Å². The molecule has 0 unspecified atom stereocenters. The van der Waals surface area contributed by atoms with Gasteiger partial charge >= 0.3 is 0 Å². The zero-order valence-corrected chi connectivity index (χ0v) is 18.0. The number of hydrogen-bond acceptors (Lipinski definition) is 7. The van der Waals surface area contributed by atoms with Crippen LogP contribution in [-0.4, -0.2) is 48.8 Å². The number of carbonyl (C=O) groups is 2. The number of para-hydroxylation sites is 1. The number of carbonyl (C=O) groups excluding carboxylic acids is 2. The van der Waals surface area contributed by atoms with E-state index in [-0.39, 0.29) is 17.7 Å². The van der Waals surface area contributed by atoms with E-state index in [1.54, 1.807) is 12.0 Å². The minimum absolute atomic E-state index is 0.00739. The van der Waals surface area contributed by atoms with Gasteiger partial charge in [-0.05, 0) is 31.7 Å². The zero-order chi connectivity index (χ0) is 20.9. The third-order valence-electron chi connectivity index (χ3n) is 5.74. The first-order chi connectivity index (χ1) is 14.7. The molecule has 8 nitrogen and oxygen atoms in total. The molecule has 30 heavy (non-hydrogen) atoms. The monoisotopic (exact) mass is 429 g/mol. The fourth-order valence-electron chi connectivity index (χ4n) is 3.96. The van der Waals surface area contributed by atoms with Crippen LogP contribution in [0.1, 0.15) is 37.7 Å². The number of aromatic nitrogens is 2. The molecule has 4 rings (SSSR count). The molecule has 2 aromatic rings. The van der Waals surface area contributed by atoms with Gasteiger partial charge in [0.25, 0.3) is 0 Å². The van der Waals surface area contributed by atoms with Gasteiger partial charge in [-0.3, -0.25) is 14.5 Å². The lowest BCUT2D eigenvalue weighted by atomic mass is 9.96. The highest BCUT2D eigenvalue weighted by Gasteiger charge is 2.28. The number of anilines is 2. The lowest BCUT2D eigenvalue weighted by Crippen LogP contribution is -2.40. The van der Waals surface area contributed by atoms with E-state index < -0.39 is 0 Å². The first-order valence-corrected chi connectivity index (χ1v) is 11.3. The summed E-state index contributed by atoms with van der Waals surface area (Å²) in [5.41, 5.74) is 0.972. The third kappa shape index (κ3) is 4.56. The van der Waals surface area contributed by atoms with Crippen LogP contribution in [0.2, 0.25) is 0 Å². The molecule has 0 bridgehead atoms. The third-order valence-corrected chi connectivity index (χ3v) is 6.75. The molecule has 1 aromatic carbocycles. The van der Waals surface area contributed by atoms with Gasteiger partial charge < -0.3 is 15.0 Å². The summed E-state index contributed by atoms with van der Waals surface area (Å²) in [5.74, 6) is 0.991. The zero-order valence-electron chi connectivity index (χ0n) is 17.2. The van der Waals surface area contributed by atoms with E-state index >= 15 is 0 Å². The van der Waals surface area contributed by atoms with Gasteiger partial charge in [-0.25, -0.2) is 0 Å². The number of methoxy groups -OCH3 is 1. The first kappa shape index (κ1) is 20.6. The maximum atomic E-state index is 12.6. The Morgan fingerprint density at radius 2 is 1.93 bits per heavy atom. The van der Waals surface area contributed by atoms with E-state index in [0.717, 1.165) is 61.8 Å². The molecule has 0 atom stereocenters. The van der Waals surface area contributed by atoms with E-state index in [1.807, 2.05) is 24.3 Å². The summed E-state index contributed by atoms with van der Waals surface area (Å²) in [4.78, 5) is 28.6. The molecule has 2 aliphatic heterocycles. The maximum absolute atomic E-state index is 12.6. The number of benzene rings is 1. The molecular weight excluding hydrogens is 402 g/mol. The van der Waals surface area contributed by atoms with Gasteiger partial charge in [0.1, 0.15) is 5.75 Å². The molecule has 9 heteroatoms. The molecule has 1 N–H and O–H groups in total. The Morgan fingerprint density at radius 1 is 1.17 bits per heavy atom. The average molecular weight is 430 g/mol. The van der Waals surface area contributed by atoms with Crippen molar-refractivity contribution in [1.82, 2.24) is 15.5 Å². The Bertz CT molecular complexity index is 894. The molecule has 2 amide bonds. The second-order valence-electron chi connectivity index (χ2n) is 7.66. The van der Waals surface area contributed by atoms with Crippen molar-refractivity contribution < 1.29 is 14.3 Å². The number of nitrogens with one attached hydrogen (secondary N) is 1. The summed E-state index contributed by atoms with van der Waals surface area (Å²) >= 11 is 1.47. The predicted molar refractivity (Wildman–Crippen MR) is 116 cm³/mol. The van der Waals surface area contributed by atoms with Crippen LogP contribution in [0.5, 0.6) is 5.75 Å². The highest BCUT2D eigenvalue weighted by Crippen LogP contribution is 2.32. The van der Waals surface area contributed by atoms with Gasteiger partial charge in [0.05, 0.1) is 7.11 Å². The molecule has 0 spiro atoms. The van der Waals surface area contributed by atoms with Crippen LogP contribution in [0.4, 0.5) is 10.3 Å². The molecule has 0 radical (unpaired) electrons. The van der Waals surface area contributed by atoms with Gasteiger partial charge in [-0.2, -0.15) is 0 Å². The van der Waals surface area contributed by atoms with Crippen LogP contribution < -0.4 is 19.9 Å². The first-order valence-electron chi connectivity index (χ1n) is 10.4. The number of amides is 2. The number of ether oxygens (including phenoxy) is 1. The van der Waals surface area contributed by atoms with Gasteiger partial charge in [-0.1, -0.05) is 29.5 Å². The molecule has 2 saturated heterocycles. The van der Waals surface area contributed by atoms with Crippen molar-refractivity contribution in [3.8, 4) is 5.75 Å². The molecule has 2 fully saturated rings. The lowest BCUT2D eigenvalue weighted by Gasteiger charge is -2.30. The van der Waals surface area contributed by atoms with E-state index in [4.69, 9.17) is 4.74 Å². The smallest absolute Gasteiger partial charge is 0.228 e. The minimum atomic E-state index is -0.00739. The highest BCUT2D eigenvalue weighted by molar-refractivity contribution is 7.19. The van der Waals surface area contributed by atoms with Gasteiger partial charge in [0, 0.05) is 44.1 Å². The molecule has 2 aliphatic rings. The van der Waals surface area contributed by atoms with Crippen molar-refractivity contribution in [2.45, 2.75) is 38.6 Å². The standard InChI is InChI=1S/C21H27N5O3S/c1-29-17-7-3-2-6-16(17)14-22-19(28)15-9-12-25(13-10-15)20-23-24-21(30-20)26-11-5-4-8-18(26)27/h2-3,6-7,15H,4-5,8-14H2,1H3,(H,22,28). The summed E-state index contributed by atoms with van der Waals surface area (Å²) in [6.07, 6.45) is 4.10. The normalized spacial score (nSPS) is 17.8. The van der Waals surface area contributed by atoms with Crippen molar-refractivity contribution in [1.29, 1.82) is 0 Å². The molecule has 0 aliphatic carbocycles. The highest BCUT2D eigenvalue weighted by atomic mass is 32.1. The number of hydrogen-bond donors (Lipinski definition) is 1. The van der Waals surface area contributed by atoms with Gasteiger partial charge in [0.15, 0.2) is 0 Å². The Morgan fingerprint density at radius 3 is 2.70 bits per heavy atom. The van der Waals surface area contributed by atoms with Crippen molar-refractivity contribution in [3.63, 3.8) is 0 Å². The summed E-state index contributed by atoms with van der Waals surface area (Å²) in [6, 6.07) is 7.71. The van der Waals surface area contributed by atoms with Crippen LogP contribution in [0.3, 0.4) is 0 Å². The molecule has 3 heterocycles. The van der Waals surface area contributed by atoms with E-state index in [2.05, 4.69) is 20.4 Å². The SMILES string of the molecule is COc1ccccc1CNC(=O)C1CCN(c2nnc(N3CCCCC3=O)s2)CC1. The largest absolute Gasteiger partial charge is 0.496 e. The van der Waals surface area contributed by atoms with Crippen LogP contribution >= 0.6 is 11.3 Å². The van der Waals surface area contributed by atoms with Crippen LogP contribution in [0.15, 0.2) is 24.3 Å². The molecule has 0 saturated carbocycles. The molecule has 160 valence electrons. The summed E-state index contributed by atoms with van der Waals surface area (Å²) in [7, 11) is 1.64. The van der Waals surface area contributed by atoms with Crippen molar-refractivity contribution in [3.05, 3.63) is 29.8 Å². The van der Waals surface area contributed by atoms with Gasteiger partial charge in [0.2, 0.25) is 22.1 Å². The maximum Gasteiger partial charge on any atom is 0.228 e. The fourth-order valence-corrected chi connectivity index (χ4v) is 4.90. The van der Waals surface area contributed by atoms with Crippen LogP contribution in [-0.2, 0) is 16.1 Å². The second kappa shape index (κ2) is 9.42. The number of piperidine rings is 2. The minimum Gasteiger partial charge on any atom is -0.496 e. The van der Waals surface area contributed by atoms with E-state index in [1.165, 1.54) is 11.3 Å². The summed E-state index contributed by atoms with van der Waals surface area (Å²) in [5, 5.41) is 13.1. The average Bonchev–Trinajstić information content (AvgIpc) is 3.28. The summed E-state index contributed by atoms with van der Waals surface area (Å²) in [6.45, 7) is 2.71. The van der Waals surface area contributed by atoms with Crippen LogP contribution in [0, 0.1) is 5.92 Å². The Balaban J connectivity index is 1.28. The predicted octanol–water partition coefficient (Wildman–Crippen LogP) is 2.60. The lowest BCUT2D eigenvalue weighted by molar-refractivity contribution is -0.125. The quantitative estimate of drug-likeness (QED) is 0.760. The topological polar surface area (TPSA) is 87.7 Å². The van der Waals surface area contributed by atoms with Crippen molar-refractivity contribution in [2.75, 3.05) is 36.5 Å². The summed E-state index contributed by atoms with van der Waals surface area (Å²) < 4.78 is 5.34.